The van der Waals surface area contributed by atoms with Gasteiger partial charge in [0.15, 0.2) is 0 Å². The molecule has 1 N–H and O–H groups in total. The molecule has 5 nitrogen and oxygen atoms in total. The maximum absolute atomic E-state index is 13.1. The number of benzene rings is 2. The topological polar surface area (TPSA) is 66.6 Å². The molecule has 1 aliphatic heterocycles. The van der Waals surface area contributed by atoms with E-state index in [9.17, 15) is 14.3 Å². The quantitative estimate of drug-likeness (QED) is 0.649. The zero-order valence-corrected chi connectivity index (χ0v) is 16.1. The zero-order chi connectivity index (χ0) is 20.2. The fourth-order valence-electron chi connectivity index (χ4n) is 3.86. The summed E-state index contributed by atoms with van der Waals surface area (Å²) < 4.78 is 19.1. The molecule has 2 heterocycles. The summed E-state index contributed by atoms with van der Waals surface area (Å²) in [5, 5.41) is 9.22. The van der Waals surface area contributed by atoms with Crippen LogP contribution >= 0.6 is 0 Å². The molecule has 4 rings (SSSR count). The van der Waals surface area contributed by atoms with Gasteiger partial charge in [-0.15, -0.1) is 0 Å². The Labute approximate surface area is 168 Å². The highest BCUT2D eigenvalue weighted by atomic mass is 19.1. The average Bonchev–Trinajstić information content (AvgIpc) is 3.19. The Balaban J connectivity index is 1.49. The number of likely N-dealkylation sites (tertiary alicyclic amines) is 1. The van der Waals surface area contributed by atoms with E-state index >= 15 is 0 Å². The second-order valence-corrected chi connectivity index (χ2v) is 7.46. The van der Waals surface area contributed by atoms with E-state index in [1.54, 1.807) is 36.5 Å². The van der Waals surface area contributed by atoms with Crippen molar-refractivity contribution in [1.82, 2.24) is 9.88 Å². The normalized spacial score (nSPS) is 17.3. The van der Waals surface area contributed by atoms with Gasteiger partial charge in [0.1, 0.15) is 11.6 Å². The highest BCUT2D eigenvalue weighted by Crippen LogP contribution is 2.32. The first kappa shape index (κ1) is 19.3. The van der Waals surface area contributed by atoms with Gasteiger partial charge in [-0.2, -0.15) is 0 Å². The van der Waals surface area contributed by atoms with Crippen molar-refractivity contribution < 1.29 is 18.7 Å². The Hall–Kier alpha value is -2.99. The third-order valence-corrected chi connectivity index (χ3v) is 5.32. The first-order valence-electron chi connectivity index (χ1n) is 9.84. The van der Waals surface area contributed by atoms with Gasteiger partial charge >= 0.3 is 5.97 Å². The van der Waals surface area contributed by atoms with Crippen LogP contribution in [0.4, 0.5) is 4.39 Å². The molecule has 1 fully saturated rings. The highest BCUT2D eigenvalue weighted by Gasteiger charge is 2.28. The fourth-order valence-corrected chi connectivity index (χ4v) is 3.86. The van der Waals surface area contributed by atoms with Crippen molar-refractivity contribution in [3.8, 4) is 0 Å². The summed E-state index contributed by atoms with van der Waals surface area (Å²) in [7, 11) is 0. The maximum atomic E-state index is 13.1. The number of hydrogen-bond donors (Lipinski definition) is 1. The minimum absolute atomic E-state index is 0.0687. The molecule has 0 saturated carbocycles. The second kappa shape index (κ2) is 8.57. The van der Waals surface area contributed by atoms with Gasteiger partial charge in [-0.3, -0.25) is 4.90 Å². The van der Waals surface area contributed by atoms with E-state index in [0.717, 1.165) is 42.7 Å². The first-order valence-corrected chi connectivity index (χ1v) is 9.84. The first-order chi connectivity index (χ1) is 14.1. The van der Waals surface area contributed by atoms with Crippen molar-refractivity contribution >= 4 is 5.97 Å². The number of hydrogen-bond acceptors (Lipinski definition) is 4. The molecule has 0 aliphatic carbocycles. The van der Waals surface area contributed by atoms with Crippen molar-refractivity contribution in [3.63, 3.8) is 0 Å². The molecule has 1 aliphatic rings. The predicted molar refractivity (Wildman–Crippen MR) is 106 cm³/mol. The van der Waals surface area contributed by atoms with E-state index in [0.29, 0.717) is 24.4 Å². The Morgan fingerprint density at radius 2 is 2.00 bits per heavy atom. The Bertz CT molecular complexity index is 984. The fraction of sp³-hybridized carbons (Fsp3) is 0.304. The van der Waals surface area contributed by atoms with Crippen LogP contribution in [0.5, 0.6) is 0 Å². The summed E-state index contributed by atoms with van der Waals surface area (Å²) in [6.07, 6.45) is 5.47. The van der Waals surface area contributed by atoms with Gasteiger partial charge in [-0.05, 0) is 54.8 Å². The van der Waals surface area contributed by atoms with Crippen LogP contribution in [0.25, 0.3) is 0 Å². The number of halogens is 1. The number of aromatic carboxylic acids is 1. The summed E-state index contributed by atoms with van der Waals surface area (Å²) in [5.74, 6) is 0.276. The van der Waals surface area contributed by atoms with Crippen molar-refractivity contribution in [3.05, 3.63) is 88.9 Å². The van der Waals surface area contributed by atoms with Crippen LogP contribution in [0.1, 0.15) is 58.4 Å². The van der Waals surface area contributed by atoms with E-state index in [2.05, 4.69) is 9.88 Å². The van der Waals surface area contributed by atoms with Crippen molar-refractivity contribution in [2.24, 2.45) is 0 Å². The number of nitrogens with zero attached hydrogens (tertiary/aromatic N) is 2. The lowest BCUT2D eigenvalue weighted by Gasteiger charge is -2.33. The molecule has 3 aromatic rings. The van der Waals surface area contributed by atoms with Gasteiger partial charge in [-0.25, -0.2) is 14.2 Å². The molecule has 1 aromatic heterocycles. The number of carbonyl (C=O) groups is 1. The van der Waals surface area contributed by atoms with E-state index in [4.69, 9.17) is 4.42 Å². The van der Waals surface area contributed by atoms with Gasteiger partial charge in [0.05, 0.1) is 17.8 Å². The lowest BCUT2D eigenvalue weighted by Crippen LogP contribution is -2.33. The molecule has 2 aromatic carbocycles. The lowest BCUT2D eigenvalue weighted by molar-refractivity contribution is 0.0696. The van der Waals surface area contributed by atoms with Gasteiger partial charge in [0, 0.05) is 13.0 Å². The summed E-state index contributed by atoms with van der Waals surface area (Å²) in [6, 6.07) is 13.5. The molecule has 0 spiro atoms. The molecule has 1 unspecified atom stereocenters. The smallest absolute Gasteiger partial charge is 0.335 e. The van der Waals surface area contributed by atoms with E-state index in [-0.39, 0.29) is 11.9 Å². The molecule has 6 heteroatoms. The number of carboxylic acids is 1. The van der Waals surface area contributed by atoms with Crippen LogP contribution in [-0.4, -0.2) is 27.5 Å². The monoisotopic (exact) mass is 394 g/mol. The minimum Gasteiger partial charge on any atom is -0.478 e. The molecule has 29 heavy (non-hydrogen) atoms. The van der Waals surface area contributed by atoms with Crippen molar-refractivity contribution in [2.45, 2.75) is 38.3 Å². The van der Waals surface area contributed by atoms with Crippen LogP contribution < -0.4 is 0 Å². The molecule has 0 amide bonds. The highest BCUT2D eigenvalue weighted by molar-refractivity contribution is 5.87. The lowest BCUT2D eigenvalue weighted by atomic mass is 10.0. The largest absolute Gasteiger partial charge is 0.478 e. The Morgan fingerprint density at radius 3 is 2.79 bits per heavy atom. The number of rotatable bonds is 6. The number of aromatic nitrogens is 1. The Morgan fingerprint density at radius 1 is 1.17 bits per heavy atom. The van der Waals surface area contributed by atoms with Crippen LogP contribution in [0.15, 0.2) is 59.1 Å². The molecule has 150 valence electrons. The molecule has 0 bridgehead atoms. The van der Waals surface area contributed by atoms with Gasteiger partial charge in [0.25, 0.3) is 0 Å². The van der Waals surface area contributed by atoms with Crippen LogP contribution in [0, 0.1) is 5.82 Å². The predicted octanol–water partition coefficient (Wildman–Crippen LogP) is 4.83. The van der Waals surface area contributed by atoms with E-state index < -0.39 is 5.97 Å². The number of carboxylic acid groups (broad SMARTS) is 1. The standard InChI is InChI=1S/C23H23FN2O3/c24-19-9-7-16(8-10-19)13-20-14-25-22(29-20)21-6-1-2-11-26(21)15-17-4-3-5-18(12-17)23(27)28/h3-5,7-10,12,14,21H,1-2,6,11,13,15H2,(H,27,28). The Kier molecular flexibility index (Phi) is 5.71. The average molecular weight is 394 g/mol. The maximum Gasteiger partial charge on any atom is 0.335 e. The van der Waals surface area contributed by atoms with Crippen molar-refractivity contribution in [1.29, 1.82) is 0 Å². The summed E-state index contributed by atoms with van der Waals surface area (Å²) in [5.41, 5.74) is 2.24. The third kappa shape index (κ3) is 4.71. The molecular weight excluding hydrogens is 371 g/mol. The molecular formula is C23H23FN2O3. The zero-order valence-electron chi connectivity index (χ0n) is 16.1. The summed E-state index contributed by atoms with van der Waals surface area (Å²) in [6.45, 7) is 1.57. The van der Waals surface area contributed by atoms with Gasteiger partial charge in [0.2, 0.25) is 5.89 Å². The number of piperidine rings is 1. The molecule has 1 atom stereocenters. The van der Waals surface area contributed by atoms with Crippen LogP contribution in [-0.2, 0) is 13.0 Å². The molecule has 1 saturated heterocycles. The van der Waals surface area contributed by atoms with Crippen molar-refractivity contribution in [2.75, 3.05) is 6.54 Å². The van der Waals surface area contributed by atoms with E-state index in [1.165, 1.54) is 12.1 Å². The summed E-state index contributed by atoms with van der Waals surface area (Å²) >= 11 is 0. The second-order valence-electron chi connectivity index (χ2n) is 7.46. The van der Waals surface area contributed by atoms with Crippen LogP contribution in [0.3, 0.4) is 0 Å². The molecule has 0 radical (unpaired) electrons. The number of oxazole rings is 1. The summed E-state index contributed by atoms with van der Waals surface area (Å²) in [4.78, 5) is 18.1. The van der Waals surface area contributed by atoms with Gasteiger partial charge < -0.3 is 9.52 Å². The minimum atomic E-state index is -0.916. The SMILES string of the molecule is O=C(O)c1cccc(CN2CCCCC2c2ncc(Cc3ccc(F)cc3)o2)c1. The van der Waals surface area contributed by atoms with Crippen LogP contribution in [0.2, 0.25) is 0 Å². The van der Waals surface area contributed by atoms with E-state index in [1.807, 2.05) is 6.07 Å². The third-order valence-electron chi connectivity index (χ3n) is 5.32. The van der Waals surface area contributed by atoms with Gasteiger partial charge in [-0.1, -0.05) is 30.7 Å².